The van der Waals surface area contributed by atoms with Gasteiger partial charge in [0.25, 0.3) is 0 Å². The lowest BCUT2D eigenvalue weighted by atomic mass is 10.1. The topological polar surface area (TPSA) is 102 Å². The third kappa shape index (κ3) is 5.45. The number of carbonyl (C=O) groups excluding carboxylic acids is 1. The van der Waals surface area contributed by atoms with Crippen molar-refractivity contribution in [2.45, 2.75) is 32.7 Å². The molecule has 2 aromatic rings. The van der Waals surface area contributed by atoms with Gasteiger partial charge in [-0.1, -0.05) is 0 Å². The SMILES string of the molecule is CCOC(=O)N1CCC(Nc2nncc(Nc3ccc(OCC)cc3)n2)CC1. The second kappa shape index (κ2) is 9.72. The van der Waals surface area contributed by atoms with Crippen molar-refractivity contribution in [1.29, 1.82) is 0 Å². The first-order valence-corrected chi connectivity index (χ1v) is 9.55. The zero-order valence-corrected chi connectivity index (χ0v) is 16.2. The monoisotopic (exact) mass is 386 g/mol. The highest BCUT2D eigenvalue weighted by Gasteiger charge is 2.24. The Hall–Kier alpha value is -3.10. The highest BCUT2D eigenvalue weighted by Crippen LogP contribution is 2.20. The van der Waals surface area contributed by atoms with Gasteiger partial charge in [-0.15, -0.1) is 5.10 Å². The zero-order valence-electron chi connectivity index (χ0n) is 16.2. The van der Waals surface area contributed by atoms with Crippen LogP contribution in [0.1, 0.15) is 26.7 Å². The molecule has 9 heteroatoms. The first-order chi connectivity index (χ1) is 13.7. The Morgan fingerprint density at radius 1 is 1.18 bits per heavy atom. The average molecular weight is 386 g/mol. The molecule has 1 aliphatic rings. The lowest BCUT2D eigenvalue weighted by Crippen LogP contribution is -2.42. The van der Waals surface area contributed by atoms with Crippen molar-refractivity contribution < 1.29 is 14.3 Å². The summed E-state index contributed by atoms with van der Waals surface area (Å²) in [5.41, 5.74) is 0.887. The predicted octanol–water partition coefficient (Wildman–Crippen LogP) is 3.05. The van der Waals surface area contributed by atoms with E-state index in [1.165, 1.54) is 0 Å². The van der Waals surface area contributed by atoms with Crippen molar-refractivity contribution in [2.75, 3.05) is 36.9 Å². The number of ether oxygens (including phenoxy) is 2. The minimum Gasteiger partial charge on any atom is -0.494 e. The van der Waals surface area contributed by atoms with Gasteiger partial charge in [-0.3, -0.25) is 0 Å². The van der Waals surface area contributed by atoms with Gasteiger partial charge in [-0.25, -0.2) is 4.79 Å². The number of amides is 1. The summed E-state index contributed by atoms with van der Waals surface area (Å²) >= 11 is 0. The maximum atomic E-state index is 11.8. The second-order valence-electron chi connectivity index (χ2n) is 6.35. The average Bonchev–Trinajstić information content (AvgIpc) is 2.71. The predicted molar refractivity (Wildman–Crippen MR) is 106 cm³/mol. The van der Waals surface area contributed by atoms with E-state index < -0.39 is 0 Å². The number of rotatable bonds is 7. The van der Waals surface area contributed by atoms with Crippen LogP contribution in [0.25, 0.3) is 0 Å². The van der Waals surface area contributed by atoms with E-state index in [2.05, 4.69) is 25.8 Å². The molecular weight excluding hydrogens is 360 g/mol. The van der Waals surface area contributed by atoms with Crippen molar-refractivity contribution in [3.63, 3.8) is 0 Å². The minimum atomic E-state index is -0.250. The van der Waals surface area contributed by atoms with Gasteiger partial charge in [0.15, 0.2) is 5.82 Å². The molecule has 1 saturated heterocycles. The zero-order chi connectivity index (χ0) is 19.8. The summed E-state index contributed by atoms with van der Waals surface area (Å²) in [5.74, 6) is 1.89. The maximum absolute atomic E-state index is 11.8. The van der Waals surface area contributed by atoms with Crippen LogP contribution in [-0.4, -0.2) is 58.5 Å². The Morgan fingerprint density at radius 3 is 2.61 bits per heavy atom. The molecule has 150 valence electrons. The molecule has 2 heterocycles. The smallest absolute Gasteiger partial charge is 0.409 e. The minimum absolute atomic E-state index is 0.188. The Labute approximate surface area is 164 Å². The molecule has 0 unspecified atom stereocenters. The fraction of sp³-hybridized carbons (Fsp3) is 0.474. The molecule has 0 saturated carbocycles. The summed E-state index contributed by atoms with van der Waals surface area (Å²) < 4.78 is 10.5. The van der Waals surface area contributed by atoms with Crippen molar-refractivity contribution >= 4 is 23.5 Å². The highest BCUT2D eigenvalue weighted by atomic mass is 16.6. The molecule has 28 heavy (non-hydrogen) atoms. The number of piperidine rings is 1. The fourth-order valence-electron chi connectivity index (χ4n) is 2.98. The first kappa shape index (κ1) is 19.7. The van der Waals surface area contributed by atoms with Crippen LogP contribution in [0, 0.1) is 0 Å². The number of nitrogens with one attached hydrogen (secondary N) is 2. The van der Waals surface area contributed by atoms with Gasteiger partial charge in [-0.05, 0) is 51.0 Å². The number of hydrogen-bond acceptors (Lipinski definition) is 8. The summed E-state index contributed by atoms with van der Waals surface area (Å²) in [5, 5.41) is 14.6. The third-order valence-corrected chi connectivity index (χ3v) is 4.35. The lowest BCUT2D eigenvalue weighted by Gasteiger charge is -2.31. The molecule has 9 nitrogen and oxygen atoms in total. The summed E-state index contributed by atoms with van der Waals surface area (Å²) in [7, 11) is 0. The molecule has 0 atom stereocenters. The van der Waals surface area contributed by atoms with Crippen molar-refractivity contribution in [2.24, 2.45) is 0 Å². The van der Waals surface area contributed by atoms with Crippen LogP contribution in [0.2, 0.25) is 0 Å². The van der Waals surface area contributed by atoms with Gasteiger partial charge in [0.05, 0.1) is 19.4 Å². The Kier molecular flexibility index (Phi) is 6.83. The second-order valence-corrected chi connectivity index (χ2v) is 6.35. The van der Waals surface area contributed by atoms with Gasteiger partial charge >= 0.3 is 6.09 Å². The summed E-state index contributed by atoms with van der Waals surface area (Å²) in [4.78, 5) is 18.0. The molecule has 0 radical (unpaired) electrons. The number of benzene rings is 1. The fourth-order valence-corrected chi connectivity index (χ4v) is 2.98. The van der Waals surface area contributed by atoms with Crippen LogP contribution in [0.5, 0.6) is 5.75 Å². The number of nitrogens with zero attached hydrogens (tertiary/aromatic N) is 4. The van der Waals surface area contributed by atoms with Crippen LogP contribution >= 0.6 is 0 Å². The van der Waals surface area contributed by atoms with Crippen molar-refractivity contribution in [3.8, 4) is 5.75 Å². The van der Waals surface area contributed by atoms with Gasteiger partial charge in [0.1, 0.15) is 5.75 Å². The Morgan fingerprint density at radius 2 is 1.93 bits per heavy atom. The largest absolute Gasteiger partial charge is 0.494 e. The van der Waals surface area contributed by atoms with E-state index in [1.54, 1.807) is 11.1 Å². The normalized spacial score (nSPS) is 14.4. The number of anilines is 3. The van der Waals surface area contributed by atoms with Crippen LogP contribution in [0.3, 0.4) is 0 Å². The Bertz CT molecular complexity index is 763. The van der Waals surface area contributed by atoms with E-state index in [-0.39, 0.29) is 12.1 Å². The van der Waals surface area contributed by atoms with Crippen LogP contribution < -0.4 is 15.4 Å². The summed E-state index contributed by atoms with van der Waals surface area (Å²) in [6, 6.07) is 7.83. The molecule has 2 N–H and O–H groups in total. The van der Waals surface area contributed by atoms with E-state index in [4.69, 9.17) is 9.47 Å². The number of carbonyl (C=O) groups is 1. The van der Waals surface area contributed by atoms with E-state index >= 15 is 0 Å². The van der Waals surface area contributed by atoms with E-state index in [0.717, 1.165) is 24.3 Å². The van der Waals surface area contributed by atoms with E-state index in [9.17, 15) is 4.79 Å². The number of likely N-dealkylation sites (tertiary alicyclic amines) is 1. The third-order valence-electron chi connectivity index (χ3n) is 4.35. The van der Waals surface area contributed by atoms with Gasteiger partial charge in [-0.2, -0.15) is 10.1 Å². The summed E-state index contributed by atoms with van der Waals surface area (Å²) in [6.45, 7) is 6.09. The molecule has 0 bridgehead atoms. The molecule has 1 aromatic heterocycles. The molecule has 1 aliphatic heterocycles. The molecule has 0 spiro atoms. The lowest BCUT2D eigenvalue weighted by molar-refractivity contribution is 0.0983. The maximum Gasteiger partial charge on any atom is 0.409 e. The van der Waals surface area contributed by atoms with Crippen molar-refractivity contribution in [3.05, 3.63) is 30.5 Å². The van der Waals surface area contributed by atoms with Crippen LogP contribution in [0.15, 0.2) is 30.5 Å². The van der Waals surface area contributed by atoms with E-state index in [0.29, 0.717) is 38.1 Å². The Balaban J connectivity index is 1.53. The van der Waals surface area contributed by atoms with Crippen LogP contribution in [0.4, 0.5) is 22.2 Å². The standard InChI is InChI=1S/C19H26N6O3/c1-3-27-16-7-5-14(6-8-16)21-17-13-20-24-18(23-17)22-15-9-11-25(12-10-15)19(26)28-4-2/h5-8,13,15H,3-4,9-12H2,1-2H3,(H2,21,22,23,24). The molecule has 1 fully saturated rings. The quantitative estimate of drug-likeness (QED) is 0.749. The van der Waals surface area contributed by atoms with Gasteiger partial charge < -0.3 is 25.0 Å². The van der Waals surface area contributed by atoms with Crippen molar-refractivity contribution in [1.82, 2.24) is 20.1 Å². The highest BCUT2D eigenvalue weighted by molar-refractivity contribution is 5.67. The van der Waals surface area contributed by atoms with E-state index in [1.807, 2.05) is 38.1 Å². The number of hydrogen-bond donors (Lipinski definition) is 2. The first-order valence-electron chi connectivity index (χ1n) is 9.55. The number of aromatic nitrogens is 3. The molecule has 1 aromatic carbocycles. The van der Waals surface area contributed by atoms with Gasteiger partial charge in [0, 0.05) is 24.8 Å². The van der Waals surface area contributed by atoms with Gasteiger partial charge in [0.2, 0.25) is 5.95 Å². The molecule has 3 rings (SSSR count). The molecule has 1 amide bonds. The molecular formula is C19H26N6O3. The molecule has 0 aliphatic carbocycles. The van der Waals surface area contributed by atoms with Crippen LogP contribution in [-0.2, 0) is 4.74 Å². The summed E-state index contributed by atoms with van der Waals surface area (Å²) in [6.07, 6.45) is 2.93.